The van der Waals surface area contributed by atoms with Gasteiger partial charge in [-0.05, 0) is 48.7 Å². The van der Waals surface area contributed by atoms with E-state index in [2.05, 4.69) is 15.8 Å². The third kappa shape index (κ3) is 4.41. The number of carbonyl (C=O) groups excluding carboxylic acids is 2. The zero-order chi connectivity index (χ0) is 16.8. The number of hydrogen-bond acceptors (Lipinski definition) is 4. The van der Waals surface area contributed by atoms with Gasteiger partial charge >= 0.3 is 11.8 Å². The predicted octanol–water partition coefficient (Wildman–Crippen LogP) is 2.10. The van der Waals surface area contributed by atoms with Crippen molar-refractivity contribution in [1.82, 2.24) is 5.43 Å². The highest BCUT2D eigenvalue weighted by Gasteiger charge is 2.14. The van der Waals surface area contributed by atoms with Gasteiger partial charge in [0.25, 0.3) is 0 Å². The minimum Gasteiger partial charge on any atom is -0.508 e. The summed E-state index contributed by atoms with van der Waals surface area (Å²) in [5.41, 5.74) is 5.24. The van der Waals surface area contributed by atoms with Crippen LogP contribution in [0.2, 0.25) is 0 Å². The first-order chi connectivity index (χ1) is 11.0. The largest absolute Gasteiger partial charge is 0.508 e. The van der Waals surface area contributed by atoms with Crippen molar-refractivity contribution in [2.45, 2.75) is 13.8 Å². The molecule has 0 aliphatic rings. The first-order valence-electron chi connectivity index (χ1n) is 6.97. The summed E-state index contributed by atoms with van der Waals surface area (Å²) in [7, 11) is 0. The van der Waals surface area contributed by atoms with Crippen molar-refractivity contribution in [1.29, 1.82) is 0 Å². The Kier molecular flexibility index (Phi) is 5.09. The zero-order valence-corrected chi connectivity index (χ0v) is 12.8. The number of amides is 2. The summed E-state index contributed by atoms with van der Waals surface area (Å²) < 4.78 is 0. The Balaban J connectivity index is 1.95. The fourth-order valence-electron chi connectivity index (χ4n) is 1.89. The first kappa shape index (κ1) is 16.2. The standard InChI is InChI=1S/C17H17N3O3/c1-11-5-3-8-15(12(11)2)19-16(22)17(23)20-18-10-13-6-4-7-14(21)9-13/h3-10,21H,1-2H3,(H,19,22)(H,20,23)/b18-10-. The number of hydrazone groups is 1. The fraction of sp³-hybridized carbons (Fsp3) is 0.118. The molecule has 3 N–H and O–H groups in total. The van der Waals surface area contributed by atoms with Gasteiger partial charge < -0.3 is 10.4 Å². The number of aromatic hydroxyl groups is 1. The first-order valence-corrected chi connectivity index (χ1v) is 6.97. The summed E-state index contributed by atoms with van der Waals surface area (Å²) in [6, 6.07) is 11.8. The number of nitrogens with one attached hydrogen (secondary N) is 2. The Morgan fingerprint density at radius 1 is 1.09 bits per heavy atom. The van der Waals surface area contributed by atoms with Gasteiger partial charge in [-0.15, -0.1) is 0 Å². The van der Waals surface area contributed by atoms with Crippen molar-refractivity contribution >= 4 is 23.7 Å². The van der Waals surface area contributed by atoms with Crippen LogP contribution in [0, 0.1) is 13.8 Å². The molecule has 2 amide bonds. The van der Waals surface area contributed by atoms with Gasteiger partial charge in [-0.3, -0.25) is 9.59 Å². The number of carbonyl (C=O) groups is 2. The number of phenolic OH excluding ortho intramolecular Hbond substituents is 1. The molecule has 6 heteroatoms. The average Bonchev–Trinajstić information content (AvgIpc) is 2.51. The molecule has 2 aromatic rings. The summed E-state index contributed by atoms with van der Waals surface area (Å²) in [6.07, 6.45) is 1.34. The second kappa shape index (κ2) is 7.22. The Labute approximate surface area is 133 Å². The molecule has 0 aromatic heterocycles. The topological polar surface area (TPSA) is 90.8 Å². The molecule has 118 valence electrons. The molecule has 23 heavy (non-hydrogen) atoms. The summed E-state index contributed by atoms with van der Waals surface area (Å²) in [4.78, 5) is 23.5. The van der Waals surface area contributed by atoms with E-state index in [1.807, 2.05) is 19.9 Å². The molecule has 0 aliphatic heterocycles. The maximum absolute atomic E-state index is 11.8. The lowest BCUT2D eigenvalue weighted by molar-refractivity contribution is -0.136. The van der Waals surface area contributed by atoms with E-state index >= 15 is 0 Å². The molecule has 0 unspecified atom stereocenters. The lowest BCUT2D eigenvalue weighted by atomic mass is 10.1. The maximum Gasteiger partial charge on any atom is 0.329 e. The van der Waals surface area contributed by atoms with Crippen LogP contribution in [-0.4, -0.2) is 23.1 Å². The SMILES string of the molecule is Cc1cccc(NC(=O)C(=O)N/N=C\c2cccc(O)c2)c1C. The minimum absolute atomic E-state index is 0.0907. The van der Waals surface area contributed by atoms with Crippen molar-refractivity contribution in [2.24, 2.45) is 5.10 Å². The number of phenols is 1. The second-order valence-electron chi connectivity index (χ2n) is 5.00. The molecule has 0 fully saturated rings. The summed E-state index contributed by atoms with van der Waals surface area (Å²) in [5, 5.41) is 15.5. The smallest absolute Gasteiger partial charge is 0.329 e. The van der Waals surface area contributed by atoms with Crippen molar-refractivity contribution < 1.29 is 14.7 Å². The van der Waals surface area contributed by atoms with Crippen molar-refractivity contribution in [3.05, 3.63) is 59.2 Å². The van der Waals surface area contributed by atoms with Crippen LogP contribution in [0.25, 0.3) is 0 Å². The molecule has 0 bridgehead atoms. The van der Waals surface area contributed by atoms with Gasteiger partial charge in [0.15, 0.2) is 0 Å². The van der Waals surface area contributed by atoms with Crippen LogP contribution >= 0.6 is 0 Å². The molecule has 0 radical (unpaired) electrons. The number of benzene rings is 2. The molecule has 2 aromatic carbocycles. The third-order valence-electron chi connectivity index (χ3n) is 3.31. The molecule has 0 atom stereocenters. The van der Waals surface area contributed by atoms with Gasteiger partial charge in [-0.1, -0.05) is 24.3 Å². The molecule has 2 rings (SSSR count). The molecular weight excluding hydrogens is 294 g/mol. The molecule has 0 aliphatic carbocycles. The Bertz CT molecular complexity index is 769. The van der Waals surface area contributed by atoms with Crippen LogP contribution in [0.5, 0.6) is 5.75 Å². The third-order valence-corrected chi connectivity index (χ3v) is 3.31. The van der Waals surface area contributed by atoms with E-state index in [1.165, 1.54) is 18.3 Å². The second-order valence-corrected chi connectivity index (χ2v) is 5.00. The van der Waals surface area contributed by atoms with Gasteiger partial charge in [0.2, 0.25) is 0 Å². The number of nitrogens with zero attached hydrogens (tertiary/aromatic N) is 1. The molecule has 0 heterocycles. The highest BCUT2D eigenvalue weighted by Crippen LogP contribution is 2.17. The lowest BCUT2D eigenvalue weighted by Gasteiger charge is -2.09. The average molecular weight is 311 g/mol. The quantitative estimate of drug-likeness (QED) is 0.460. The van der Waals surface area contributed by atoms with E-state index in [-0.39, 0.29) is 5.75 Å². The lowest BCUT2D eigenvalue weighted by Crippen LogP contribution is -2.32. The number of rotatable bonds is 3. The van der Waals surface area contributed by atoms with E-state index in [0.717, 1.165) is 11.1 Å². The maximum atomic E-state index is 11.8. The van der Waals surface area contributed by atoms with E-state index < -0.39 is 11.8 Å². The van der Waals surface area contributed by atoms with Crippen molar-refractivity contribution in [2.75, 3.05) is 5.32 Å². The van der Waals surface area contributed by atoms with Crippen molar-refractivity contribution in [3.63, 3.8) is 0 Å². The van der Waals surface area contributed by atoms with Crippen molar-refractivity contribution in [3.8, 4) is 5.75 Å². The zero-order valence-electron chi connectivity index (χ0n) is 12.8. The van der Waals surface area contributed by atoms with Gasteiger partial charge in [0.1, 0.15) is 5.75 Å². The predicted molar refractivity (Wildman–Crippen MR) is 88.4 cm³/mol. The number of hydrogen-bond donors (Lipinski definition) is 3. The molecule has 0 saturated carbocycles. The van der Waals surface area contributed by atoms with Crippen LogP contribution in [0.3, 0.4) is 0 Å². The molecule has 0 spiro atoms. The van der Waals surface area contributed by atoms with Crippen LogP contribution in [0.4, 0.5) is 5.69 Å². The van der Waals surface area contributed by atoms with E-state index in [1.54, 1.807) is 24.3 Å². The van der Waals surface area contributed by atoms with Gasteiger partial charge in [-0.25, -0.2) is 5.43 Å². The number of aryl methyl sites for hydroxylation is 1. The number of anilines is 1. The van der Waals surface area contributed by atoms with Crippen LogP contribution in [0.1, 0.15) is 16.7 Å². The van der Waals surface area contributed by atoms with Crippen LogP contribution in [-0.2, 0) is 9.59 Å². The van der Waals surface area contributed by atoms with Gasteiger partial charge in [-0.2, -0.15) is 5.10 Å². The summed E-state index contributed by atoms with van der Waals surface area (Å²) in [6.45, 7) is 3.79. The monoisotopic (exact) mass is 311 g/mol. The summed E-state index contributed by atoms with van der Waals surface area (Å²) >= 11 is 0. The van der Waals surface area contributed by atoms with Crippen LogP contribution < -0.4 is 10.7 Å². The van der Waals surface area contributed by atoms with Gasteiger partial charge in [0.05, 0.1) is 6.21 Å². The Morgan fingerprint density at radius 3 is 2.57 bits per heavy atom. The van der Waals surface area contributed by atoms with Gasteiger partial charge in [0, 0.05) is 5.69 Å². The van der Waals surface area contributed by atoms with Crippen LogP contribution in [0.15, 0.2) is 47.6 Å². The normalized spacial score (nSPS) is 10.5. The van der Waals surface area contributed by atoms with E-state index in [0.29, 0.717) is 11.3 Å². The Morgan fingerprint density at radius 2 is 1.83 bits per heavy atom. The summed E-state index contributed by atoms with van der Waals surface area (Å²) in [5.74, 6) is -1.58. The van der Waals surface area contributed by atoms with E-state index in [4.69, 9.17) is 0 Å². The molecular formula is C17H17N3O3. The fourth-order valence-corrected chi connectivity index (χ4v) is 1.89. The molecule has 0 saturated heterocycles. The van der Waals surface area contributed by atoms with E-state index in [9.17, 15) is 14.7 Å². The molecule has 6 nitrogen and oxygen atoms in total. The Hall–Kier alpha value is -3.15. The minimum atomic E-state index is -0.873. The highest BCUT2D eigenvalue weighted by atomic mass is 16.3. The highest BCUT2D eigenvalue weighted by molar-refractivity contribution is 6.39.